The van der Waals surface area contributed by atoms with Gasteiger partial charge in [0.15, 0.2) is 0 Å². The molecule has 5 heteroatoms. The monoisotopic (exact) mass is 294 g/mol. The predicted octanol–water partition coefficient (Wildman–Crippen LogP) is 3.10. The van der Waals surface area contributed by atoms with E-state index in [0.717, 1.165) is 22.6 Å². The van der Waals surface area contributed by atoms with Crippen LogP contribution < -0.4 is 10.6 Å². The molecule has 104 valence electrons. The van der Waals surface area contributed by atoms with E-state index in [4.69, 9.17) is 0 Å². The molecule has 0 bridgehead atoms. The Balaban J connectivity index is 1.73. The zero-order chi connectivity index (χ0) is 14.5. The summed E-state index contributed by atoms with van der Waals surface area (Å²) < 4.78 is 0. The lowest BCUT2D eigenvalue weighted by atomic mass is 10.2. The first-order chi connectivity index (χ1) is 10.3. The van der Waals surface area contributed by atoms with Crippen molar-refractivity contribution >= 4 is 23.1 Å². The summed E-state index contributed by atoms with van der Waals surface area (Å²) in [4.78, 5) is 8.28. The SMILES string of the molecule is CC1NC(C#Cc2cncc(Nc3cccnc3)c2)=CS1. The number of hydrogen-bond acceptors (Lipinski definition) is 5. The standard InChI is InChI=1S/C16H14N4S/c1-12-19-15(11-21-12)5-4-13-7-16(10-18-8-13)20-14-3-2-6-17-9-14/h2-3,6-12,19-20H,1H3. The van der Waals surface area contributed by atoms with Crippen molar-refractivity contribution in [3.8, 4) is 11.8 Å². The quantitative estimate of drug-likeness (QED) is 0.834. The lowest BCUT2D eigenvalue weighted by Gasteiger charge is -2.05. The third kappa shape index (κ3) is 3.77. The van der Waals surface area contributed by atoms with E-state index in [1.165, 1.54) is 0 Å². The average molecular weight is 294 g/mol. The van der Waals surface area contributed by atoms with Crippen molar-refractivity contribution in [3.05, 3.63) is 59.7 Å². The highest BCUT2D eigenvalue weighted by atomic mass is 32.2. The first kappa shape index (κ1) is 13.5. The van der Waals surface area contributed by atoms with E-state index >= 15 is 0 Å². The van der Waals surface area contributed by atoms with Crippen LogP contribution in [0.15, 0.2) is 54.1 Å². The number of rotatable bonds is 2. The topological polar surface area (TPSA) is 49.8 Å². The highest BCUT2D eigenvalue weighted by molar-refractivity contribution is 8.02. The molecule has 2 aromatic heterocycles. The molecule has 0 aliphatic carbocycles. The fraction of sp³-hybridized carbons (Fsp3) is 0.125. The molecule has 0 radical (unpaired) electrons. The Labute approximate surface area is 128 Å². The van der Waals surface area contributed by atoms with Gasteiger partial charge in [0, 0.05) is 23.4 Å². The Hall–Kier alpha value is -2.45. The minimum atomic E-state index is 0.394. The lowest BCUT2D eigenvalue weighted by molar-refractivity contribution is 0.847. The summed E-state index contributed by atoms with van der Waals surface area (Å²) in [5.74, 6) is 6.24. The van der Waals surface area contributed by atoms with Crippen LogP contribution >= 0.6 is 11.8 Å². The van der Waals surface area contributed by atoms with Crippen molar-refractivity contribution in [3.63, 3.8) is 0 Å². The van der Waals surface area contributed by atoms with Gasteiger partial charge in [0.25, 0.3) is 0 Å². The third-order valence-electron chi connectivity index (χ3n) is 2.78. The van der Waals surface area contributed by atoms with Gasteiger partial charge in [-0.1, -0.05) is 5.92 Å². The van der Waals surface area contributed by atoms with E-state index in [9.17, 15) is 0 Å². The maximum absolute atomic E-state index is 4.21. The van der Waals surface area contributed by atoms with Crippen LogP contribution in [0.4, 0.5) is 11.4 Å². The molecule has 1 atom stereocenters. The van der Waals surface area contributed by atoms with Crippen LogP contribution in [-0.4, -0.2) is 15.3 Å². The molecule has 3 rings (SSSR count). The van der Waals surface area contributed by atoms with Crippen molar-refractivity contribution in [2.24, 2.45) is 0 Å². The van der Waals surface area contributed by atoms with Crippen molar-refractivity contribution in [2.75, 3.05) is 5.32 Å². The Bertz CT molecular complexity index is 716. The van der Waals surface area contributed by atoms with Gasteiger partial charge in [-0.05, 0) is 31.0 Å². The maximum atomic E-state index is 4.21. The second-order valence-corrected chi connectivity index (χ2v) is 5.75. The van der Waals surface area contributed by atoms with Gasteiger partial charge in [-0.15, -0.1) is 11.8 Å². The van der Waals surface area contributed by atoms with Gasteiger partial charge in [-0.25, -0.2) is 0 Å². The number of aromatic nitrogens is 2. The number of nitrogens with zero attached hydrogens (tertiary/aromatic N) is 2. The van der Waals surface area contributed by atoms with Crippen LogP contribution in [0.2, 0.25) is 0 Å². The molecule has 1 aliphatic rings. The number of nitrogens with one attached hydrogen (secondary N) is 2. The second kappa shape index (κ2) is 6.33. The van der Waals surface area contributed by atoms with Crippen LogP contribution in [0.3, 0.4) is 0 Å². The maximum Gasteiger partial charge on any atom is 0.0930 e. The van der Waals surface area contributed by atoms with E-state index in [0.29, 0.717) is 5.37 Å². The molecule has 1 aliphatic heterocycles. The summed E-state index contributed by atoms with van der Waals surface area (Å²) in [5, 5.41) is 8.98. The first-order valence-corrected chi connectivity index (χ1v) is 7.50. The van der Waals surface area contributed by atoms with E-state index in [1.54, 1.807) is 36.5 Å². The summed E-state index contributed by atoms with van der Waals surface area (Å²) in [6, 6.07) is 5.81. The summed E-state index contributed by atoms with van der Waals surface area (Å²) in [6.45, 7) is 2.11. The van der Waals surface area contributed by atoms with Crippen LogP contribution in [0.25, 0.3) is 0 Å². The number of hydrogen-bond donors (Lipinski definition) is 2. The Kier molecular flexibility index (Phi) is 4.08. The van der Waals surface area contributed by atoms with Crippen molar-refractivity contribution in [1.82, 2.24) is 15.3 Å². The molecular weight excluding hydrogens is 280 g/mol. The van der Waals surface area contributed by atoms with Crippen LogP contribution in [0, 0.1) is 11.8 Å². The van der Waals surface area contributed by atoms with Crippen molar-refractivity contribution in [2.45, 2.75) is 12.3 Å². The minimum Gasteiger partial charge on any atom is -0.366 e. The Morgan fingerprint density at radius 1 is 1.19 bits per heavy atom. The molecular formula is C16H14N4S. The van der Waals surface area contributed by atoms with Gasteiger partial charge >= 0.3 is 0 Å². The third-order valence-corrected chi connectivity index (χ3v) is 3.68. The first-order valence-electron chi connectivity index (χ1n) is 6.56. The normalized spacial score (nSPS) is 16.4. The summed E-state index contributed by atoms with van der Waals surface area (Å²) in [7, 11) is 0. The highest BCUT2D eigenvalue weighted by Gasteiger charge is 2.08. The molecule has 0 saturated carbocycles. The Morgan fingerprint density at radius 3 is 2.86 bits per heavy atom. The zero-order valence-electron chi connectivity index (χ0n) is 11.5. The molecule has 0 aromatic carbocycles. The molecule has 0 amide bonds. The van der Waals surface area contributed by atoms with E-state index < -0.39 is 0 Å². The molecule has 2 aromatic rings. The zero-order valence-corrected chi connectivity index (χ0v) is 12.3. The van der Waals surface area contributed by atoms with Crippen LogP contribution in [0.5, 0.6) is 0 Å². The van der Waals surface area contributed by atoms with Crippen LogP contribution in [-0.2, 0) is 0 Å². The molecule has 0 fully saturated rings. The molecule has 21 heavy (non-hydrogen) atoms. The van der Waals surface area contributed by atoms with E-state index in [1.807, 2.05) is 23.6 Å². The molecule has 4 nitrogen and oxygen atoms in total. The number of anilines is 2. The van der Waals surface area contributed by atoms with Gasteiger partial charge in [-0.2, -0.15) is 0 Å². The molecule has 0 saturated heterocycles. The van der Waals surface area contributed by atoms with Gasteiger partial charge in [-0.3, -0.25) is 9.97 Å². The van der Waals surface area contributed by atoms with Crippen LogP contribution in [0.1, 0.15) is 12.5 Å². The van der Waals surface area contributed by atoms with E-state index in [-0.39, 0.29) is 0 Å². The van der Waals surface area contributed by atoms with Gasteiger partial charge < -0.3 is 10.6 Å². The molecule has 1 unspecified atom stereocenters. The molecule has 3 heterocycles. The molecule has 2 N–H and O–H groups in total. The average Bonchev–Trinajstić information content (AvgIpc) is 2.92. The van der Waals surface area contributed by atoms with Crippen molar-refractivity contribution < 1.29 is 0 Å². The summed E-state index contributed by atoms with van der Waals surface area (Å²) in [5.41, 5.74) is 3.65. The fourth-order valence-electron chi connectivity index (χ4n) is 1.84. The minimum absolute atomic E-state index is 0.394. The van der Waals surface area contributed by atoms with Gasteiger partial charge in [0.05, 0.1) is 34.8 Å². The van der Waals surface area contributed by atoms with E-state index in [2.05, 4.69) is 39.4 Å². The van der Waals surface area contributed by atoms with Gasteiger partial charge in [0.1, 0.15) is 0 Å². The largest absolute Gasteiger partial charge is 0.366 e. The number of allylic oxidation sites excluding steroid dienone is 1. The highest BCUT2D eigenvalue weighted by Crippen LogP contribution is 2.19. The summed E-state index contributed by atoms with van der Waals surface area (Å²) >= 11 is 1.73. The number of thioether (sulfide) groups is 1. The van der Waals surface area contributed by atoms with Gasteiger partial charge in [0.2, 0.25) is 0 Å². The predicted molar refractivity (Wildman–Crippen MR) is 86.9 cm³/mol. The second-order valence-electron chi connectivity index (χ2n) is 4.53. The molecule has 0 spiro atoms. The number of pyridine rings is 2. The summed E-state index contributed by atoms with van der Waals surface area (Å²) in [6.07, 6.45) is 7.04. The smallest absolute Gasteiger partial charge is 0.0930 e. The van der Waals surface area contributed by atoms with Crippen molar-refractivity contribution in [1.29, 1.82) is 0 Å². The Morgan fingerprint density at radius 2 is 2.10 bits per heavy atom. The fourth-order valence-corrected chi connectivity index (χ4v) is 2.50. The lowest BCUT2D eigenvalue weighted by Crippen LogP contribution is -2.15.